The summed E-state index contributed by atoms with van der Waals surface area (Å²) >= 11 is 0. The predicted molar refractivity (Wildman–Crippen MR) is 102 cm³/mol. The molecule has 4 heteroatoms. The lowest BCUT2D eigenvalue weighted by Crippen LogP contribution is -2.37. The van der Waals surface area contributed by atoms with Crippen LogP contribution in [0.1, 0.15) is 43.2 Å². The number of hydrogen-bond donors (Lipinski definition) is 1. The molecule has 0 radical (unpaired) electrons. The number of halogens is 1. The summed E-state index contributed by atoms with van der Waals surface area (Å²) in [7, 11) is 0. The van der Waals surface area contributed by atoms with E-state index in [-0.39, 0.29) is 17.8 Å². The summed E-state index contributed by atoms with van der Waals surface area (Å²) in [6.45, 7) is 4.24. The maximum absolute atomic E-state index is 13.6. The minimum absolute atomic E-state index is 0.172. The van der Waals surface area contributed by atoms with Gasteiger partial charge in [-0.05, 0) is 36.9 Å². The minimum atomic E-state index is -0.172. The van der Waals surface area contributed by atoms with Gasteiger partial charge in [0.05, 0.1) is 0 Å². The molecule has 0 aromatic heterocycles. The Kier molecular flexibility index (Phi) is 6.40. The molecule has 0 saturated carbocycles. The molecule has 138 valence electrons. The van der Waals surface area contributed by atoms with Crippen molar-refractivity contribution in [3.8, 4) is 0 Å². The molecule has 0 bridgehead atoms. The molecule has 1 fully saturated rings. The molecule has 2 unspecified atom stereocenters. The molecule has 0 aliphatic carbocycles. The van der Waals surface area contributed by atoms with Crippen LogP contribution in [0.5, 0.6) is 0 Å². The minimum Gasteiger partial charge on any atom is -0.339 e. The Bertz CT molecular complexity index is 719. The quantitative estimate of drug-likeness (QED) is 0.724. The topological polar surface area (TPSA) is 32.3 Å². The second-order valence-corrected chi connectivity index (χ2v) is 7.11. The van der Waals surface area contributed by atoms with Crippen molar-refractivity contribution in [1.82, 2.24) is 10.2 Å². The van der Waals surface area contributed by atoms with Gasteiger partial charge in [0, 0.05) is 31.1 Å². The van der Waals surface area contributed by atoms with Crippen LogP contribution in [0.25, 0.3) is 0 Å². The van der Waals surface area contributed by atoms with Gasteiger partial charge in [-0.1, -0.05) is 55.5 Å². The lowest BCUT2D eigenvalue weighted by Gasteiger charge is -2.28. The van der Waals surface area contributed by atoms with E-state index in [4.69, 9.17) is 0 Å². The van der Waals surface area contributed by atoms with Gasteiger partial charge in [-0.2, -0.15) is 0 Å². The van der Waals surface area contributed by atoms with Crippen LogP contribution >= 0.6 is 0 Å². The van der Waals surface area contributed by atoms with Crippen molar-refractivity contribution < 1.29 is 9.18 Å². The Labute approximate surface area is 155 Å². The second-order valence-electron chi connectivity index (χ2n) is 7.11. The summed E-state index contributed by atoms with van der Waals surface area (Å²) in [5.74, 6) is 0.411. The van der Waals surface area contributed by atoms with E-state index < -0.39 is 0 Å². The molecule has 0 spiro atoms. The van der Waals surface area contributed by atoms with E-state index >= 15 is 0 Å². The zero-order valence-corrected chi connectivity index (χ0v) is 15.3. The number of likely N-dealkylation sites (tertiary alicyclic amines) is 1. The lowest BCUT2D eigenvalue weighted by atomic mass is 10.00. The number of carbonyl (C=O) groups is 1. The zero-order valence-electron chi connectivity index (χ0n) is 15.3. The van der Waals surface area contributed by atoms with Gasteiger partial charge in [0.2, 0.25) is 5.91 Å². The number of benzene rings is 2. The maximum Gasteiger partial charge on any atom is 0.222 e. The van der Waals surface area contributed by atoms with Gasteiger partial charge in [0.15, 0.2) is 0 Å². The molecule has 2 aromatic rings. The predicted octanol–water partition coefficient (Wildman–Crippen LogP) is 4.10. The van der Waals surface area contributed by atoms with Crippen molar-refractivity contribution in [3.05, 3.63) is 71.5 Å². The fourth-order valence-electron chi connectivity index (χ4n) is 3.66. The molecule has 1 amide bonds. The molecule has 3 nitrogen and oxygen atoms in total. The smallest absolute Gasteiger partial charge is 0.222 e. The van der Waals surface area contributed by atoms with Crippen molar-refractivity contribution in [2.45, 2.75) is 44.7 Å². The summed E-state index contributed by atoms with van der Waals surface area (Å²) in [4.78, 5) is 14.4. The molecule has 2 atom stereocenters. The van der Waals surface area contributed by atoms with Crippen LogP contribution in [0, 0.1) is 5.82 Å². The van der Waals surface area contributed by atoms with Crippen molar-refractivity contribution in [2.24, 2.45) is 0 Å². The molecule has 1 N–H and O–H groups in total. The molecule has 1 aliphatic rings. The normalized spacial score (nSPS) is 18.3. The summed E-state index contributed by atoms with van der Waals surface area (Å²) in [6, 6.07) is 17.5. The van der Waals surface area contributed by atoms with Crippen LogP contribution in [0.3, 0.4) is 0 Å². The van der Waals surface area contributed by atoms with E-state index in [9.17, 15) is 9.18 Å². The summed E-state index contributed by atoms with van der Waals surface area (Å²) in [6.07, 6.45) is 2.46. The Morgan fingerprint density at radius 3 is 2.65 bits per heavy atom. The first-order valence-electron chi connectivity index (χ1n) is 9.43. The Hall–Kier alpha value is -2.20. The first-order chi connectivity index (χ1) is 12.6. The van der Waals surface area contributed by atoms with Crippen LogP contribution in [0.4, 0.5) is 4.39 Å². The molecule has 1 aliphatic heterocycles. The highest BCUT2D eigenvalue weighted by Gasteiger charge is 2.31. The van der Waals surface area contributed by atoms with Crippen LogP contribution < -0.4 is 5.32 Å². The monoisotopic (exact) mass is 354 g/mol. The van der Waals surface area contributed by atoms with Crippen LogP contribution in [0.15, 0.2) is 54.6 Å². The number of rotatable bonds is 8. The third-order valence-corrected chi connectivity index (χ3v) is 5.22. The largest absolute Gasteiger partial charge is 0.339 e. The first-order valence-corrected chi connectivity index (χ1v) is 9.43. The average molecular weight is 354 g/mol. The van der Waals surface area contributed by atoms with Crippen molar-refractivity contribution >= 4 is 5.91 Å². The van der Waals surface area contributed by atoms with E-state index in [1.807, 2.05) is 29.2 Å². The summed E-state index contributed by atoms with van der Waals surface area (Å²) in [5.41, 5.74) is 1.95. The average Bonchev–Trinajstić information content (AvgIpc) is 3.00. The van der Waals surface area contributed by atoms with Gasteiger partial charge in [-0.3, -0.25) is 4.79 Å². The molecule has 3 rings (SSSR count). The number of nitrogens with one attached hydrogen (secondary N) is 1. The van der Waals surface area contributed by atoms with E-state index in [0.717, 1.165) is 25.9 Å². The molecular weight excluding hydrogens is 327 g/mol. The van der Waals surface area contributed by atoms with Gasteiger partial charge in [0.25, 0.3) is 0 Å². The van der Waals surface area contributed by atoms with Gasteiger partial charge in [0.1, 0.15) is 5.82 Å². The Morgan fingerprint density at radius 2 is 1.88 bits per heavy atom. The number of hydrogen-bond acceptors (Lipinski definition) is 2. The fraction of sp³-hybridized carbons (Fsp3) is 0.409. The fourth-order valence-corrected chi connectivity index (χ4v) is 3.66. The summed E-state index contributed by atoms with van der Waals surface area (Å²) in [5, 5.41) is 3.31. The van der Waals surface area contributed by atoms with Crippen LogP contribution in [0.2, 0.25) is 0 Å². The lowest BCUT2D eigenvalue weighted by molar-refractivity contribution is -0.129. The van der Waals surface area contributed by atoms with Gasteiger partial charge >= 0.3 is 0 Å². The Morgan fingerprint density at radius 1 is 1.15 bits per heavy atom. The van der Waals surface area contributed by atoms with Crippen LogP contribution in [-0.2, 0) is 11.3 Å². The van der Waals surface area contributed by atoms with Crippen LogP contribution in [-0.4, -0.2) is 29.9 Å². The van der Waals surface area contributed by atoms with Gasteiger partial charge in [-0.15, -0.1) is 0 Å². The number of amides is 1. The van der Waals surface area contributed by atoms with E-state index in [1.54, 1.807) is 12.1 Å². The third kappa shape index (κ3) is 4.70. The third-order valence-electron chi connectivity index (χ3n) is 5.22. The highest BCUT2D eigenvalue weighted by Crippen LogP contribution is 2.25. The van der Waals surface area contributed by atoms with E-state index in [2.05, 4.69) is 24.4 Å². The second kappa shape index (κ2) is 8.95. The van der Waals surface area contributed by atoms with Gasteiger partial charge in [-0.25, -0.2) is 4.39 Å². The number of nitrogens with zero attached hydrogens (tertiary/aromatic N) is 1. The molecule has 26 heavy (non-hydrogen) atoms. The number of carbonyl (C=O) groups excluding carboxylic acids is 1. The SMILES string of the molecule is CC(CN1C(=O)CCC1CCNCc1ccccc1F)c1ccccc1. The highest BCUT2D eigenvalue weighted by atomic mass is 19.1. The molecule has 1 heterocycles. The zero-order chi connectivity index (χ0) is 18.4. The van der Waals surface area contributed by atoms with E-state index in [0.29, 0.717) is 24.4 Å². The standard InChI is InChI=1S/C22H27FN2O/c1-17(18-7-3-2-4-8-18)16-25-20(11-12-22(25)26)13-14-24-15-19-9-5-6-10-21(19)23/h2-10,17,20,24H,11-16H2,1H3. The van der Waals surface area contributed by atoms with Crippen molar-refractivity contribution in [1.29, 1.82) is 0 Å². The molecule has 2 aromatic carbocycles. The first kappa shape index (κ1) is 18.6. The Balaban J connectivity index is 1.49. The van der Waals surface area contributed by atoms with Crippen molar-refractivity contribution in [2.75, 3.05) is 13.1 Å². The summed E-state index contributed by atoms with van der Waals surface area (Å²) < 4.78 is 13.6. The highest BCUT2D eigenvalue weighted by molar-refractivity contribution is 5.78. The maximum atomic E-state index is 13.6. The van der Waals surface area contributed by atoms with Gasteiger partial charge < -0.3 is 10.2 Å². The van der Waals surface area contributed by atoms with E-state index in [1.165, 1.54) is 11.6 Å². The molecular formula is C22H27FN2O. The van der Waals surface area contributed by atoms with Crippen molar-refractivity contribution in [3.63, 3.8) is 0 Å². The molecule has 1 saturated heterocycles.